The lowest BCUT2D eigenvalue weighted by Crippen LogP contribution is -2.63. The Kier molecular flexibility index (Phi) is 12.5. The first-order valence-corrected chi connectivity index (χ1v) is 24.8. The van der Waals surface area contributed by atoms with Gasteiger partial charge in [0, 0.05) is 68.2 Å². The molecular weight excluding hydrogens is 859 g/mol. The molecule has 1 spiro atoms. The fraction of sp³-hybridized carbons (Fsp3) is 0.480. The van der Waals surface area contributed by atoms with Crippen LogP contribution in [-0.2, 0) is 10.0 Å². The van der Waals surface area contributed by atoms with Gasteiger partial charge in [-0.05, 0) is 129 Å². The van der Waals surface area contributed by atoms with Gasteiger partial charge in [0.2, 0.25) is 0 Å². The maximum absolute atomic E-state index is 14.1. The van der Waals surface area contributed by atoms with Crippen LogP contribution in [-0.4, -0.2) is 90.7 Å². The molecule has 0 bridgehead atoms. The number of amides is 1. The molecule has 2 aliphatic heterocycles. The Balaban J connectivity index is 0.918. The van der Waals surface area contributed by atoms with E-state index in [2.05, 4.69) is 67.9 Å². The van der Waals surface area contributed by atoms with Crippen molar-refractivity contribution >= 4 is 44.0 Å². The van der Waals surface area contributed by atoms with Crippen LogP contribution in [0.1, 0.15) is 112 Å². The summed E-state index contributed by atoms with van der Waals surface area (Å²) in [5, 5.41) is 26.4. The third kappa shape index (κ3) is 9.32. The fourth-order valence-corrected chi connectivity index (χ4v) is 11.9. The van der Waals surface area contributed by atoms with Crippen LogP contribution in [0.4, 0.5) is 17.1 Å². The number of piperidine rings is 1. The molecule has 2 atom stereocenters. The number of carbonyl (C=O) groups excluding carboxylic acids is 1. The molecule has 0 unspecified atom stereocenters. The number of ether oxygens (including phenoxy) is 2. The molecule has 2 aliphatic carbocycles. The number of benzene rings is 3. The van der Waals surface area contributed by atoms with Crippen molar-refractivity contribution in [2.75, 3.05) is 50.1 Å². The van der Waals surface area contributed by atoms with Gasteiger partial charge in [0.25, 0.3) is 27.5 Å². The molecule has 16 heteroatoms. The molecule has 1 amide bonds. The maximum Gasteiger partial charge on any atom is 0.293 e. The number of nitrogens with one attached hydrogen (secondary N) is 3. The highest BCUT2D eigenvalue weighted by atomic mass is 32.2. The lowest BCUT2D eigenvalue weighted by atomic mass is 9.70. The topological polar surface area (TPSA) is 192 Å². The summed E-state index contributed by atoms with van der Waals surface area (Å²) in [7, 11) is -3.14. The van der Waals surface area contributed by atoms with Crippen LogP contribution < -0.4 is 24.4 Å². The van der Waals surface area contributed by atoms with Crippen LogP contribution in [0.5, 0.6) is 17.4 Å². The van der Waals surface area contributed by atoms with Gasteiger partial charge in [-0.3, -0.25) is 19.8 Å². The second-order valence-corrected chi connectivity index (χ2v) is 21.3. The van der Waals surface area contributed by atoms with E-state index in [0.717, 1.165) is 69.0 Å². The Morgan fingerprint density at radius 2 is 1.74 bits per heavy atom. The molecule has 9 rings (SSSR count). The normalized spacial score (nSPS) is 23.2. The van der Waals surface area contributed by atoms with Crippen molar-refractivity contribution in [1.29, 1.82) is 0 Å². The Hall–Kier alpha value is -5.71. The quantitative estimate of drug-likeness (QED) is 0.0611. The average molecular weight is 920 g/mol. The molecule has 2 aromatic heterocycles. The Labute approximate surface area is 386 Å². The average Bonchev–Trinajstić information content (AvgIpc) is 3.97. The number of rotatable bonds is 14. The number of likely N-dealkylation sites (tertiary alicyclic amines) is 1. The summed E-state index contributed by atoms with van der Waals surface area (Å²) in [6.45, 7) is 10.6. The third-order valence-electron chi connectivity index (χ3n) is 14.8. The third-order valence-corrected chi connectivity index (χ3v) is 16.1. The molecule has 3 aromatic carbocycles. The van der Waals surface area contributed by atoms with Crippen LogP contribution in [0.3, 0.4) is 0 Å². The zero-order valence-electron chi connectivity index (χ0n) is 38.2. The molecular formula is C50H61N7O8S. The van der Waals surface area contributed by atoms with E-state index in [-0.39, 0.29) is 40.0 Å². The van der Waals surface area contributed by atoms with Crippen molar-refractivity contribution in [2.24, 2.45) is 11.3 Å². The van der Waals surface area contributed by atoms with Gasteiger partial charge in [-0.25, -0.2) is 13.1 Å². The number of hydrogen-bond acceptors (Lipinski definition) is 12. The standard InChI is InChI=1S/C50H61N7O8S/c1-32(2)37-8-5-6-9-38(37)39-10-7-11-42(39)56-30-50(31-56)21-24-55(25-22-50)35-12-14-40(44(27-35)65-45-26-34-18-23-51-46(34)53-48(45)64-4)47(58)54-66(62,63)36-13-15-41(43(28-36)57(60)61)52-29-33-16-19-49(3,59)20-17-33/h5-6,8-9,12-15,18,23,26-28,32-33,39,42,52,59H,7,10-11,16-17,19-22,24-25,29-31H2,1-4H3,(H,51,53)(H,54,58)/t33?,39-,42-,49?/m1/s1. The number of nitrogens with zero attached hydrogens (tertiary/aromatic N) is 4. The number of methoxy groups -OCH3 is 1. The summed E-state index contributed by atoms with van der Waals surface area (Å²) in [4.78, 5) is 37.8. The number of nitro groups is 1. The van der Waals surface area contributed by atoms with Gasteiger partial charge in [0.15, 0.2) is 5.75 Å². The van der Waals surface area contributed by atoms with E-state index in [1.165, 1.54) is 49.6 Å². The summed E-state index contributed by atoms with van der Waals surface area (Å²) in [6, 6.07) is 21.8. The molecule has 5 aromatic rings. The number of anilines is 2. The van der Waals surface area contributed by atoms with E-state index in [4.69, 9.17) is 9.47 Å². The van der Waals surface area contributed by atoms with E-state index < -0.39 is 37.0 Å². The Bertz CT molecular complexity index is 2710. The summed E-state index contributed by atoms with van der Waals surface area (Å²) >= 11 is 0. The number of aromatic amines is 1. The number of nitro benzene ring substituents is 1. The van der Waals surface area contributed by atoms with Crippen molar-refractivity contribution in [3.8, 4) is 17.4 Å². The number of fused-ring (bicyclic) bond motifs is 1. The molecule has 350 valence electrons. The second kappa shape index (κ2) is 18.2. The van der Waals surface area contributed by atoms with Crippen LogP contribution in [0, 0.1) is 21.4 Å². The van der Waals surface area contributed by atoms with Crippen molar-refractivity contribution in [3.05, 3.63) is 106 Å². The van der Waals surface area contributed by atoms with E-state index >= 15 is 0 Å². The van der Waals surface area contributed by atoms with E-state index in [1.54, 1.807) is 30.5 Å². The van der Waals surface area contributed by atoms with Crippen LogP contribution in [0.2, 0.25) is 0 Å². The van der Waals surface area contributed by atoms with Crippen molar-refractivity contribution in [2.45, 2.75) is 107 Å². The van der Waals surface area contributed by atoms with E-state index in [1.807, 2.05) is 13.0 Å². The Morgan fingerprint density at radius 3 is 2.47 bits per heavy atom. The Morgan fingerprint density at radius 1 is 0.985 bits per heavy atom. The SMILES string of the molecule is COc1nc2[nH]ccc2cc1Oc1cc(N2CCC3(CC2)CN([C@@H]2CCC[C@@H]2c2ccccc2C(C)C)C3)ccc1C(=O)NS(=O)(=O)c1ccc(NCC2CCC(C)(O)CC2)c([N+](=O)[O-])c1. The molecule has 66 heavy (non-hydrogen) atoms. The molecule has 4 N–H and O–H groups in total. The lowest BCUT2D eigenvalue weighted by molar-refractivity contribution is -0.384. The van der Waals surface area contributed by atoms with Gasteiger partial charge in [-0.1, -0.05) is 44.5 Å². The number of carbonyl (C=O) groups is 1. The van der Waals surface area contributed by atoms with Crippen molar-refractivity contribution in [1.82, 2.24) is 19.6 Å². The maximum atomic E-state index is 14.1. The highest BCUT2D eigenvalue weighted by molar-refractivity contribution is 7.90. The summed E-state index contributed by atoms with van der Waals surface area (Å²) in [5.41, 5.74) is 3.60. The zero-order chi connectivity index (χ0) is 46.4. The number of H-pyrrole nitrogens is 1. The number of aromatic nitrogens is 2. The molecule has 2 saturated carbocycles. The van der Waals surface area contributed by atoms with E-state index in [9.17, 15) is 28.4 Å². The summed E-state index contributed by atoms with van der Waals surface area (Å²) in [6.07, 6.45) is 10.3. The van der Waals surface area contributed by atoms with Crippen LogP contribution >= 0.6 is 0 Å². The van der Waals surface area contributed by atoms with Gasteiger partial charge in [-0.15, -0.1) is 0 Å². The minimum atomic E-state index is -4.60. The first kappa shape index (κ1) is 45.4. The monoisotopic (exact) mass is 919 g/mol. The summed E-state index contributed by atoms with van der Waals surface area (Å²) in [5.74, 6) is 0.767. The molecule has 4 heterocycles. The largest absolute Gasteiger partial charge is 0.478 e. The predicted octanol–water partition coefficient (Wildman–Crippen LogP) is 9.11. The van der Waals surface area contributed by atoms with Crippen molar-refractivity contribution < 1.29 is 32.7 Å². The van der Waals surface area contributed by atoms with Crippen LogP contribution in [0.25, 0.3) is 11.0 Å². The first-order valence-electron chi connectivity index (χ1n) is 23.3. The smallest absolute Gasteiger partial charge is 0.293 e. The number of sulfonamides is 1. The number of hydrogen-bond donors (Lipinski definition) is 4. The van der Waals surface area contributed by atoms with Gasteiger partial charge in [0.1, 0.15) is 17.1 Å². The fourth-order valence-electron chi connectivity index (χ4n) is 11.0. The van der Waals surface area contributed by atoms with Crippen molar-refractivity contribution in [3.63, 3.8) is 0 Å². The van der Waals surface area contributed by atoms with Gasteiger partial charge in [-0.2, -0.15) is 4.98 Å². The molecule has 4 aliphatic rings. The summed E-state index contributed by atoms with van der Waals surface area (Å²) < 4.78 is 41.8. The van der Waals surface area contributed by atoms with Gasteiger partial charge < -0.3 is 29.8 Å². The highest BCUT2D eigenvalue weighted by Gasteiger charge is 2.49. The minimum Gasteiger partial charge on any atom is -0.478 e. The highest BCUT2D eigenvalue weighted by Crippen LogP contribution is 2.49. The molecule has 15 nitrogen and oxygen atoms in total. The molecule has 4 fully saturated rings. The lowest BCUT2D eigenvalue weighted by Gasteiger charge is -2.57. The predicted molar refractivity (Wildman–Crippen MR) is 254 cm³/mol. The zero-order valence-corrected chi connectivity index (χ0v) is 39.0. The number of aliphatic hydroxyl groups is 1. The van der Waals surface area contributed by atoms with E-state index in [0.29, 0.717) is 42.9 Å². The second-order valence-electron chi connectivity index (χ2n) is 19.7. The minimum absolute atomic E-state index is 0.0638. The number of pyridine rings is 1. The molecule has 2 saturated heterocycles. The van der Waals surface area contributed by atoms with Crippen LogP contribution in [0.15, 0.2) is 83.9 Å². The molecule has 0 radical (unpaired) electrons. The van der Waals surface area contributed by atoms with Gasteiger partial charge in [0.05, 0.1) is 28.1 Å². The van der Waals surface area contributed by atoms with Gasteiger partial charge >= 0.3 is 0 Å². The first-order chi connectivity index (χ1) is 31.6.